The van der Waals surface area contributed by atoms with Gasteiger partial charge in [-0.05, 0) is 42.0 Å². The van der Waals surface area contributed by atoms with Crippen molar-refractivity contribution in [2.24, 2.45) is 0 Å². The second-order valence-corrected chi connectivity index (χ2v) is 8.66. The molecular weight excluding hydrogens is 388 g/mol. The number of rotatable bonds is 5. The predicted octanol–water partition coefficient (Wildman–Crippen LogP) is 2.63. The first-order valence-electron chi connectivity index (χ1n) is 8.54. The van der Waals surface area contributed by atoms with E-state index in [1.165, 1.54) is 16.4 Å². The zero-order valence-electron chi connectivity index (χ0n) is 15.0. The van der Waals surface area contributed by atoms with Gasteiger partial charge in [0.05, 0.1) is 11.5 Å². The summed E-state index contributed by atoms with van der Waals surface area (Å²) in [6, 6.07) is 13.4. The number of amides is 1. The Hall–Kier alpha value is -1.93. The number of nitrogens with zero attached hydrogens (tertiary/aromatic N) is 2. The lowest BCUT2D eigenvalue weighted by Gasteiger charge is -2.34. The molecule has 0 spiro atoms. The van der Waals surface area contributed by atoms with Gasteiger partial charge in [0.25, 0.3) is 5.91 Å². The molecule has 27 heavy (non-hydrogen) atoms. The smallest absolute Gasteiger partial charge is 0.253 e. The minimum absolute atomic E-state index is 0.100. The van der Waals surface area contributed by atoms with Crippen LogP contribution >= 0.6 is 11.6 Å². The summed E-state index contributed by atoms with van der Waals surface area (Å²) in [5.41, 5.74) is 1.51. The second kappa shape index (κ2) is 8.39. The summed E-state index contributed by atoms with van der Waals surface area (Å²) in [5, 5.41) is 0.486. The van der Waals surface area contributed by atoms with Gasteiger partial charge in [0, 0.05) is 43.9 Å². The third-order valence-corrected chi connectivity index (χ3v) is 6.63. The molecule has 1 fully saturated rings. The highest BCUT2D eigenvalue weighted by atomic mass is 35.5. The molecule has 1 amide bonds. The van der Waals surface area contributed by atoms with Gasteiger partial charge >= 0.3 is 0 Å². The maximum atomic E-state index is 12.7. The zero-order chi connectivity index (χ0) is 19.4. The molecule has 0 saturated carbocycles. The van der Waals surface area contributed by atoms with E-state index < -0.39 is 10.0 Å². The van der Waals surface area contributed by atoms with Crippen LogP contribution in [0.25, 0.3) is 0 Å². The molecule has 144 valence electrons. The fraction of sp³-hybridized carbons (Fsp3) is 0.316. The molecule has 8 heteroatoms. The lowest BCUT2D eigenvalue weighted by atomic mass is 10.1. The number of halogens is 1. The average molecular weight is 409 g/mol. The molecule has 0 aliphatic carbocycles. The van der Waals surface area contributed by atoms with Gasteiger partial charge in [-0.15, -0.1) is 0 Å². The van der Waals surface area contributed by atoms with Crippen LogP contribution in [-0.4, -0.2) is 56.8 Å². The molecule has 3 rings (SSSR count). The van der Waals surface area contributed by atoms with Crippen molar-refractivity contribution >= 4 is 27.5 Å². The normalized spacial score (nSPS) is 15.7. The molecule has 0 N–H and O–H groups in total. The monoisotopic (exact) mass is 408 g/mol. The van der Waals surface area contributed by atoms with Crippen molar-refractivity contribution in [3.8, 4) is 0 Å². The second-order valence-electron chi connectivity index (χ2n) is 6.28. The van der Waals surface area contributed by atoms with Crippen molar-refractivity contribution in [3.63, 3.8) is 0 Å². The molecule has 0 unspecified atom stereocenters. The van der Waals surface area contributed by atoms with Crippen LogP contribution in [0.4, 0.5) is 0 Å². The van der Waals surface area contributed by atoms with Gasteiger partial charge in [-0.3, -0.25) is 4.79 Å². The molecule has 0 bridgehead atoms. The van der Waals surface area contributed by atoms with Crippen molar-refractivity contribution < 1.29 is 17.9 Å². The van der Waals surface area contributed by atoms with E-state index in [9.17, 15) is 13.2 Å². The highest BCUT2D eigenvalue weighted by Crippen LogP contribution is 2.20. The third-order valence-electron chi connectivity index (χ3n) is 4.46. The number of carbonyl (C=O) groups excluding carboxylic acids is 1. The first-order valence-corrected chi connectivity index (χ1v) is 10.4. The number of sulfonamides is 1. The van der Waals surface area contributed by atoms with Gasteiger partial charge in [-0.25, -0.2) is 8.42 Å². The molecular formula is C19H21ClN2O4S. The largest absolute Gasteiger partial charge is 0.380 e. The first kappa shape index (κ1) is 19.8. The maximum absolute atomic E-state index is 12.7. The Morgan fingerprint density at radius 3 is 2.37 bits per heavy atom. The highest BCUT2D eigenvalue weighted by molar-refractivity contribution is 7.89. The number of ether oxygens (including phenoxy) is 1. The van der Waals surface area contributed by atoms with E-state index in [1.54, 1.807) is 30.2 Å². The van der Waals surface area contributed by atoms with Gasteiger partial charge in [0.1, 0.15) is 0 Å². The lowest BCUT2D eigenvalue weighted by Crippen LogP contribution is -2.50. The molecule has 0 atom stereocenters. The molecule has 2 aromatic carbocycles. The molecule has 1 aliphatic rings. The molecule has 1 heterocycles. The SMILES string of the molecule is COCc1cccc(C(=O)N2CCN(S(=O)(=O)c3ccc(Cl)cc3)CC2)c1. The maximum Gasteiger partial charge on any atom is 0.253 e. The zero-order valence-corrected chi connectivity index (χ0v) is 16.5. The molecule has 0 aromatic heterocycles. The Labute approximate surface area is 164 Å². The van der Waals surface area contributed by atoms with Crippen LogP contribution in [0, 0.1) is 0 Å². The van der Waals surface area contributed by atoms with Gasteiger partial charge in [-0.2, -0.15) is 4.31 Å². The lowest BCUT2D eigenvalue weighted by molar-refractivity contribution is 0.0697. The number of hydrogen-bond donors (Lipinski definition) is 0. The first-order chi connectivity index (χ1) is 12.9. The van der Waals surface area contributed by atoms with Crippen LogP contribution < -0.4 is 0 Å². The molecule has 2 aromatic rings. The quantitative estimate of drug-likeness (QED) is 0.762. The Balaban J connectivity index is 1.67. The topological polar surface area (TPSA) is 66.9 Å². The minimum Gasteiger partial charge on any atom is -0.380 e. The van der Waals surface area contributed by atoms with Crippen molar-refractivity contribution in [3.05, 3.63) is 64.7 Å². The average Bonchev–Trinajstić information content (AvgIpc) is 2.68. The van der Waals surface area contributed by atoms with E-state index in [-0.39, 0.29) is 23.9 Å². The van der Waals surface area contributed by atoms with E-state index in [0.717, 1.165) is 5.56 Å². The summed E-state index contributed by atoms with van der Waals surface area (Å²) in [4.78, 5) is 14.6. The van der Waals surface area contributed by atoms with E-state index in [1.807, 2.05) is 18.2 Å². The number of hydrogen-bond acceptors (Lipinski definition) is 4. The number of benzene rings is 2. The summed E-state index contributed by atoms with van der Waals surface area (Å²) >= 11 is 5.83. The van der Waals surface area contributed by atoms with Crippen LogP contribution in [0.15, 0.2) is 53.4 Å². The van der Waals surface area contributed by atoms with Crippen LogP contribution in [0.1, 0.15) is 15.9 Å². The fourth-order valence-corrected chi connectivity index (χ4v) is 4.58. The van der Waals surface area contributed by atoms with E-state index >= 15 is 0 Å². The van der Waals surface area contributed by atoms with E-state index in [0.29, 0.717) is 30.3 Å². The van der Waals surface area contributed by atoms with Gasteiger partial charge in [0.2, 0.25) is 10.0 Å². The van der Waals surface area contributed by atoms with Crippen LogP contribution in [-0.2, 0) is 21.4 Å². The van der Waals surface area contributed by atoms with Crippen molar-refractivity contribution in [1.29, 1.82) is 0 Å². The molecule has 1 aliphatic heterocycles. The Kier molecular flexibility index (Phi) is 6.16. The van der Waals surface area contributed by atoms with E-state index in [4.69, 9.17) is 16.3 Å². The van der Waals surface area contributed by atoms with Crippen molar-refractivity contribution in [1.82, 2.24) is 9.21 Å². The number of carbonyl (C=O) groups is 1. The van der Waals surface area contributed by atoms with Gasteiger partial charge in [0.15, 0.2) is 0 Å². The summed E-state index contributed by atoms with van der Waals surface area (Å²) in [5.74, 6) is -0.100. The van der Waals surface area contributed by atoms with Crippen molar-refractivity contribution in [2.75, 3.05) is 33.3 Å². The number of methoxy groups -OCH3 is 1. The molecule has 1 saturated heterocycles. The van der Waals surface area contributed by atoms with Crippen LogP contribution in [0.2, 0.25) is 5.02 Å². The van der Waals surface area contributed by atoms with Gasteiger partial charge in [-0.1, -0.05) is 23.7 Å². The van der Waals surface area contributed by atoms with E-state index in [2.05, 4.69) is 0 Å². The Morgan fingerprint density at radius 1 is 1.07 bits per heavy atom. The third kappa shape index (κ3) is 4.50. The van der Waals surface area contributed by atoms with Gasteiger partial charge < -0.3 is 9.64 Å². The summed E-state index contributed by atoms with van der Waals surface area (Å²) in [7, 11) is -1.98. The predicted molar refractivity (Wildman–Crippen MR) is 103 cm³/mol. The summed E-state index contributed by atoms with van der Waals surface area (Å²) in [6.45, 7) is 1.65. The van der Waals surface area contributed by atoms with Crippen molar-refractivity contribution in [2.45, 2.75) is 11.5 Å². The fourth-order valence-electron chi connectivity index (χ4n) is 3.03. The highest BCUT2D eigenvalue weighted by Gasteiger charge is 2.30. The summed E-state index contributed by atoms with van der Waals surface area (Å²) in [6.07, 6.45) is 0. The van der Waals surface area contributed by atoms with Crippen LogP contribution in [0.3, 0.4) is 0 Å². The Morgan fingerprint density at radius 2 is 1.74 bits per heavy atom. The number of piperazine rings is 1. The molecule has 0 radical (unpaired) electrons. The summed E-state index contributed by atoms with van der Waals surface area (Å²) < 4.78 is 32.0. The minimum atomic E-state index is -3.59. The standard InChI is InChI=1S/C19H21ClN2O4S/c1-26-14-15-3-2-4-16(13-15)19(23)21-9-11-22(12-10-21)27(24,25)18-7-5-17(20)6-8-18/h2-8,13H,9-12,14H2,1H3. The van der Waals surface area contributed by atoms with Crippen LogP contribution in [0.5, 0.6) is 0 Å². The Bertz CT molecular complexity index is 908. The molecule has 6 nitrogen and oxygen atoms in total.